The van der Waals surface area contributed by atoms with Crippen LogP contribution < -0.4 is 16.0 Å². The Bertz CT molecular complexity index is 1100. The van der Waals surface area contributed by atoms with Gasteiger partial charge in [-0.05, 0) is 36.4 Å². The number of nitrogens with one attached hydrogen (secondary N) is 3. The fourth-order valence-corrected chi connectivity index (χ4v) is 2.93. The predicted molar refractivity (Wildman–Crippen MR) is 112 cm³/mol. The summed E-state index contributed by atoms with van der Waals surface area (Å²) in [6, 6.07) is 9.14. The second-order valence-corrected chi connectivity index (χ2v) is 7.01. The molecular weight excluding hydrogens is 458 g/mol. The molecule has 1 heterocycles. The molecule has 0 saturated carbocycles. The molecule has 2 amide bonds. The minimum Gasteiger partial charge on any atom is -0.472 e. The van der Waals surface area contributed by atoms with Crippen molar-refractivity contribution < 1.29 is 27.2 Å². The molecule has 1 aromatic heterocycles. The van der Waals surface area contributed by atoms with Gasteiger partial charge >= 0.3 is 6.18 Å². The van der Waals surface area contributed by atoms with Crippen molar-refractivity contribution in [1.82, 2.24) is 0 Å². The largest absolute Gasteiger partial charge is 0.472 e. The summed E-state index contributed by atoms with van der Waals surface area (Å²) in [6.07, 6.45) is -2.29. The molecule has 2 aromatic carbocycles. The normalized spacial score (nSPS) is 11.1. The van der Waals surface area contributed by atoms with Crippen LogP contribution in [0.1, 0.15) is 15.9 Å². The highest BCUT2D eigenvalue weighted by molar-refractivity contribution is 6.44. The van der Waals surface area contributed by atoms with Crippen LogP contribution in [-0.2, 0) is 11.0 Å². The topological polar surface area (TPSA) is 83.4 Å². The van der Waals surface area contributed by atoms with E-state index in [0.29, 0.717) is 0 Å². The Morgan fingerprint density at radius 1 is 1.00 bits per heavy atom. The Morgan fingerprint density at radius 3 is 2.45 bits per heavy atom. The SMILES string of the molecule is O=C(CNc1ccc(NC(=O)c2ccoc2)cc1C(F)(F)F)Nc1cccc(Cl)c1Cl. The van der Waals surface area contributed by atoms with E-state index in [1.54, 1.807) is 6.07 Å². The number of hydrogen-bond acceptors (Lipinski definition) is 4. The predicted octanol–water partition coefficient (Wildman–Crippen LogP) is 5.91. The van der Waals surface area contributed by atoms with Crippen molar-refractivity contribution in [3.05, 3.63) is 76.2 Å². The van der Waals surface area contributed by atoms with Crippen molar-refractivity contribution in [3.8, 4) is 0 Å². The Kier molecular flexibility index (Phi) is 6.77. The maximum absolute atomic E-state index is 13.5. The lowest BCUT2D eigenvalue weighted by Gasteiger charge is -2.16. The number of anilines is 3. The fraction of sp³-hybridized carbons (Fsp3) is 0.100. The molecule has 0 unspecified atom stereocenters. The number of furan rings is 1. The first-order chi connectivity index (χ1) is 14.6. The number of carbonyl (C=O) groups is 2. The molecule has 6 nitrogen and oxygen atoms in total. The van der Waals surface area contributed by atoms with Crippen LogP contribution in [0.2, 0.25) is 10.0 Å². The Morgan fingerprint density at radius 2 is 1.77 bits per heavy atom. The molecular formula is C20H14Cl2F3N3O3. The second-order valence-electron chi connectivity index (χ2n) is 6.23. The highest BCUT2D eigenvalue weighted by Gasteiger charge is 2.34. The van der Waals surface area contributed by atoms with Crippen LogP contribution in [0.4, 0.5) is 30.2 Å². The molecule has 11 heteroatoms. The van der Waals surface area contributed by atoms with Gasteiger partial charge in [0.1, 0.15) is 6.26 Å². The molecule has 3 aromatic rings. The molecule has 0 bridgehead atoms. The lowest BCUT2D eigenvalue weighted by Crippen LogP contribution is -2.23. The van der Waals surface area contributed by atoms with E-state index in [-0.39, 0.29) is 32.7 Å². The van der Waals surface area contributed by atoms with Gasteiger partial charge in [-0.2, -0.15) is 13.2 Å². The number of hydrogen-bond donors (Lipinski definition) is 3. The molecule has 162 valence electrons. The zero-order valence-corrected chi connectivity index (χ0v) is 17.0. The van der Waals surface area contributed by atoms with Crippen molar-refractivity contribution in [2.75, 3.05) is 22.5 Å². The van der Waals surface area contributed by atoms with Crippen molar-refractivity contribution in [1.29, 1.82) is 0 Å². The molecule has 0 radical (unpaired) electrons. The minimum absolute atomic E-state index is 0.0702. The first-order valence-electron chi connectivity index (χ1n) is 8.67. The number of carbonyl (C=O) groups excluding carboxylic acids is 2. The van der Waals surface area contributed by atoms with E-state index < -0.39 is 30.1 Å². The van der Waals surface area contributed by atoms with E-state index in [4.69, 9.17) is 27.6 Å². The molecule has 0 atom stereocenters. The minimum atomic E-state index is -4.73. The monoisotopic (exact) mass is 471 g/mol. The third-order valence-electron chi connectivity index (χ3n) is 4.03. The number of rotatable bonds is 6. The maximum Gasteiger partial charge on any atom is 0.418 e. The van der Waals surface area contributed by atoms with Crippen molar-refractivity contribution >= 4 is 52.1 Å². The standard InChI is InChI=1S/C20H14Cl2F3N3O3/c21-14-2-1-3-16(18(14)22)28-17(29)9-26-15-5-4-12(8-13(15)20(23,24)25)27-19(30)11-6-7-31-10-11/h1-8,10,26H,9H2,(H,27,30)(H,28,29). The van der Waals surface area contributed by atoms with Crippen LogP contribution in [0.3, 0.4) is 0 Å². The summed E-state index contributed by atoms with van der Waals surface area (Å²) in [7, 11) is 0. The van der Waals surface area contributed by atoms with E-state index >= 15 is 0 Å². The molecule has 0 saturated heterocycles. The first kappa shape index (κ1) is 22.5. The third kappa shape index (κ3) is 5.71. The second kappa shape index (κ2) is 9.32. The van der Waals surface area contributed by atoms with Gasteiger partial charge in [0, 0.05) is 11.4 Å². The molecule has 0 aliphatic heterocycles. The van der Waals surface area contributed by atoms with Crippen LogP contribution in [-0.4, -0.2) is 18.4 Å². The fourth-order valence-electron chi connectivity index (χ4n) is 2.58. The van der Waals surface area contributed by atoms with Crippen molar-refractivity contribution in [2.24, 2.45) is 0 Å². The zero-order valence-electron chi connectivity index (χ0n) is 15.5. The van der Waals surface area contributed by atoms with E-state index in [0.717, 1.165) is 12.1 Å². The Hall–Kier alpha value is -3.17. The maximum atomic E-state index is 13.5. The van der Waals surface area contributed by atoms with Gasteiger partial charge in [-0.3, -0.25) is 9.59 Å². The summed E-state index contributed by atoms with van der Waals surface area (Å²) in [5, 5.41) is 7.61. The third-order valence-corrected chi connectivity index (χ3v) is 4.85. The molecule has 3 N–H and O–H groups in total. The first-order valence-corrected chi connectivity index (χ1v) is 9.43. The highest BCUT2D eigenvalue weighted by Crippen LogP contribution is 2.37. The number of alkyl halides is 3. The summed E-state index contributed by atoms with van der Waals surface area (Å²) in [6.45, 7) is -0.466. The Labute approximate surface area is 184 Å². The lowest BCUT2D eigenvalue weighted by molar-refractivity contribution is -0.137. The van der Waals surface area contributed by atoms with E-state index in [9.17, 15) is 22.8 Å². The van der Waals surface area contributed by atoms with Gasteiger partial charge in [0.05, 0.1) is 39.7 Å². The van der Waals surface area contributed by atoms with Gasteiger partial charge in [-0.15, -0.1) is 0 Å². The van der Waals surface area contributed by atoms with Crippen LogP contribution in [0.25, 0.3) is 0 Å². The van der Waals surface area contributed by atoms with Crippen LogP contribution in [0, 0.1) is 0 Å². The average molecular weight is 472 g/mol. The quantitative estimate of drug-likeness (QED) is 0.417. The van der Waals surface area contributed by atoms with Crippen LogP contribution in [0.15, 0.2) is 59.4 Å². The van der Waals surface area contributed by atoms with Gasteiger partial charge < -0.3 is 20.4 Å². The smallest absolute Gasteiger partial charge is 0.418 e. The van der Waals surface area contributed by atoms with Gasteiger partial charge in [-0.25, -0.2) is 0 Å². The Balaban J connectivity index is 1.72. The molecule has 3 rings (SSSR count). The van der Waals surface area contributed by atoms with Gasteiger partial charge in [0.25, 0.3) is 5.91 Å². The van der Waals surface area contributed by atoms with E-state index in [1.807, 2.05) is 0 Å². The van der Waals surface area contributed by atoms with Crippen molar-refractivity contribution in [3.63, 3.8) is 0 Å². The molecule has 0 spiro atoms. The summed E-state index contributed by atoms with van der Waals surface area (Å²) in [5.41, 5.74) is -1.06. The van der Waals surface area contributed by atoms with E-state index in [1.165, 1.54) is 36.8 Å². The van der Waals surface area contributed by atoms with E-state index in [2.05, 4.69) is 16.0 Å². The van der Waals surface area contributed by atoms with Crippen LogP contribution in [0.5, 0.6) is 0 Å². The van der Waals surface area contributed by atoms with Gasteiger partial charge in [0.2, 0.25) is 5.91 Å². The number of benzene rings is 2. The zero-order chi connectivity index (χ0) is 22.6. The molecule has 0 aliphatic rings. The summed E-state index contributed by atoms with van der Waals surface area (Å²) < 4.78 is 45.3. The summed E-state index contributed by atoms with van der Waals surface area (Å²) in [5.74, 6) is -1.25. The lowest BCUT2D eigenvalue weighted by atomic mass is 10.1. The van der Waals surface area contributed by atoms with Crippen LogP contribution >= 0.6 is 23.2 Å². The number of amides is 2. The summed E-state index contributed by atoms with van der Waals surface area (Å²) >= 11 is 11.8. The van der Waals surface area contributed by atoms with Crippen molar-refractivity contribution in [2.45, 2.75) is 6.18 Å². The highest BCUT2D eigenvalue weighted by atomic mass is 35.5. The molecule has 31 heavy (non-hydrogen) atoms. The summed E-state index contributed by atoms with van der Waals surface area (Å²) in [4.78, 5) is 24.2. The molecule has 0 fully saturated rings. The average Bonchev–Trinajstić information content (AvgIpc) is 3.25. The van der Waals surface area contributed by atoms with Gasteiger partial charge in [-0.1, -0.05) is 29.3 Å². The molecule has 0 aliphatic carbocycles. The van der Waals surface area contributed by atoms with Gasteiger partial charge in [0.15, 0.2) is 0 Å². The number of halogens is 5.